The summed E-state index contributed by atoms with van der Waals surface area (Å²) in [7, 11) is 0. The number of nitrogens with two attached hydrogens (primary N) is 1. The molecule has 5 heteroatoms. The number of fused-ring (bicyclic) bond motifs is 1. The van der Waals surface area contributed by atoms with Crippen LogP contribution in [-0.4, -0.2) is 27.6 Å². The fourth-order valence-corrected chi connectivity index (χ4v) is 2.22. The zero-order valence-corrected chi connectivity index (χ0v) is 11.5. The van der Waals surface area contributed by atoms with E-state index in [0.29, 0.717) is 18.0 Å². The van der Waals surface area contributed by atoms with Crippen molar-refractivity contribution in [3.05, 3.63) is 54.7 Å². The molecule has 0 amide bonds. The van der Waals surface area contributed by atoms with Crippen molar-refractivity contribution in [3.63, 3.8) is 0 Å². The van der Waals surface area contributed by atoms with Gasteiger partial charge in [0.25, 0.3) is 0 Å². The average molecular weight is 283 g/mol. The maximum absolute atomic E-state index is 10.1. The highest BCUT2D eigenvalue weighted by atomic mass is 16.5. The maximum atomic E-state index is 10.1. The molecular weight excluding hydrogens is 266 g/mol. The summed E-state index contributed by atoms with van der Waals surface area (Å²) in [6, 6.07) is 15.0. The van der Waals surface area contributed by atoms with Gasteiger partial charge < -0.3 is 15.6 Å². The molecule has 0 aliphatic heterocycles. The highest BCUT2D eigenvalue weighted by molar-refractivity contribution is 5.78. The first-order chi connectivity index (χ1) is 10.2. The largest absolute Gasteiger partial charge is 0.491 e. The number of aliphatic hydroxyl groups is 1. The number of anilines is 1. The number of benzene rings is 2. The van der Waals surface area contributed by atoms with E-state index >= 15 is 0 Å². The summed E-state index contributed by atoms with van der Waals surface area (Å²) in [5.74, 6) is 0.652. The lowest BCUT2D eigenvalue weighted by Gasteiger charge is -2.13. The van der Waals surface area contributed by atoms with E-state index in [4.69, 9.17) is 10.5 Å². The van der Waals surface area contributed by atoms with Crippen LogP contribution < -0.4 is 10.5 Å². The van der Waals surface area contributed by atoms with E-state index in [0.717, 1.165) is 10.9 Å². The molecular formula is C16H17N3O2. The lowest BCUT2D eigenvalue weighted by Crippen LogP contribution is -2.24. The molecule has 3 aromatic rings. The van der Waals surface area contributed by atoms with E-state index in [1.165, 1.54) is 0 Å². The monoisotopic (exact) mass is 283 g/mol. The van der Waals surface area contributed by atoms with Gasteiger partial charge in [0.05, 0.1) is 18.3 Å². The number of hydrogen-bond donors (Lipinski definition) is 2. The SMILES string of the molecule is Nc1cccc(OCC(O)Cn2ncc3ccccc32)c1. The lowest BCUT2D eigenvalue weighted by atomic mass is 10.2. The molecule has 1 atom stereocenters. The molecule has 1 heterocycles. The molecule has 0 aliphatic carbocycles. The second kappa shape index (κ2) is 5.85. The van der Waals surface area contributed by atoms with Gasteiger partial charge in [-0.2, -0.15) is 5.10 Å². The smallest absolute Gasteiger partial charge is 0.121 e. The van der Waals surface area contributed by atoms with E-state index in [1.54, 1.807) is 23.0 Å². The number of hydrogen-bond acceptors (Lipinski definition) is 4. The molecule has 21 heavy (non-hydrogen) atoms. The van der Waals surface area contributed by atoms with Crippen LogP contribution in [0, 0.1) is 0 Å². The van der Waals surface area contributed by atoms with Crippen molar-refractivity contribution >= 4 is 16.6 Å². The first-order valence-corrected chi connectivity index (χ1v) is 6.79. The number of rotatable bonds is 5. The van der Waals surface area contributed by atoms with Gasteiger partial charge in [0.1, 0.15) is 18.5 Å². The Balaban J connectivity index is 1.62. The number of aliphatic hydroxyl groups excluding tert-OH is 1. The Kier molecular flexibility index (Phi) is 3.75. The van der Waals surface area contributed by atoms with Crippen molar-refractivity contribution < 1.29 is 9.84 Å². The van der Waals surface area contributed by atoms with Crippen molar-refractivity contribution in [2.24, 2.45) is 0 Å². The van der Waals surface area contributed by atoms with E-state index < -0.39 is 6.10 Å². The van der Waals surface area contributed by atoms with E-state index in [-0.39, 0.29) is 6.61 Å². The van der Waals surface area contributed by atoms with Gasteiger partial charge in [0.15, 0.2) is 0 Å². The molecule has 0 saturated heterocycles. The van der Waals surface area contributed by atoms with Gasteiger partial charge >= 0.3 is 0 Å². The quantitative estimate of drug-likeness (QED) is 0.703. The molecule has 0 bridgehead atoms. The molecule has 1 unspecified atom stereocenters. The molecule has 1 aromatic heterocycles. The van der Waals surface area contributed by atoms with Gasteiger partial charge in [0, 0.05) is 17.1 Å². The van der Waals surface area contributed by atoms with Crippen LogP contribution in [0.1, 0.15) is 0 Å². The number of nitrogens with zero attached hydrogens (tertiary/aromatic N) is 2. The predicted octanol–water partition coefficient (Wildman–Crippen LogP) is 2.06. The zero-order chi connectivity index (χ0) is 14.7. The predicted molar refractivity (Wildman–Crippen MR) is 82.1 cm³/mol. The highest BCUT2D eigenvalue weighted by Gasteiger charge is 2.09. The number of nitrogen functional groups attached to an aromatic ring is 1. The third-order valence-electron chi connectivity index (χ3n) is 3.24. The molecule has 2 aromatic carbocycles. The standard InChI is InChI=1S/C16H17N3O2/c17-13-5-3-6-15(8-13)21-11-14(20)10-19-16-7-2-1-4-12(16)9-18-19/h1-9,14,20H,10-11,17H2. The first-order valence-electron chi connectivity index (χ1n) is 6.79. The van der Waals surface area contributed by atoms with Gasteiger partial charge in [-0.3, -0.25) is 4.68 Å². The Hall–Kier alpha value is -2.53. The number of aromatic nitrogens is 2. The lowest BCUT2D eigenvalue weighted by molar-refractivity contribution is 0.0905. The highest BCUT2D eigenvalue weighted by Crippen LogP contribution is 2.16. The summed E-state index contributed by atoms with van der Waals surface area (Å²) in [6.45, 7) is 0.577. The normalized spacial score (nSPS) is 12.4. The molecule has 5 nitrogen and oxygen atoms in total. The third kappa shape index (κ3) is 3.14. The molecule has 108 valence electrons. The summed E-state index contributed by atoms with van der Waals surface area (Å²) in [5.41, 5.74) is 7.32. The molecule has 0 aliphatic rings. The Morgan fingerprint density at radius 1 is 1.19 bits per heavy atom. The zero-order valence-electron chi connectivity index (χ0n) is 11.5. The van der Waals surface area contributed by atoms with Gasteiger partial charge in [0.2, 0.25) is 0 Å². The van der Waals surface area contributed by atoms with Crippen LogP contribution in [0.25, 0.3) is 10.9 Å². The Morgan fingerprint density at radius 2 is 2.05 bits per heavy atom. The molecule has 3 rings (SSSR count). The van der Waals surface area contributed by atoms with Crippen molar-refractivity contribution in [2.75, 3.05) is 12.3 Å². The minimum atomic E-state index is -0.644. The van der Waals surface area contributed by atoms with Gasteiger partial charge in [-0.15, -0.1) is 0 Å². The molecule has 0 fully saturated rings. The second-order valence-corrected chi connectivity index (χ2v) is 4.92. The van der Waals surface area contributed by atoms with Gasteiger partial charge in [-0.05, 0) is 18.2 Å². The van der Waals surface area contributed by atoms with E-state index in [9.17, 15) is 5.11 Å². The number of ether oxygens (including phenoxy) is 1. The van der Waals surface area contributed by atoms with Crippen LogP contribution in [0.2, 0.25) is 0 Å². The third-order valence-corrected chi connectivity index (χ3v) is 3.24. The molecule has 0 saturated carbocycles. The minimum absolute atomic E-state index is 0.192. The minimum Gasteiger partial charge on any atom is -0.491 e. The van der Waals surface area contributed by atoms with Crippen molar-refractivity contribution in [1.82, 2.24) is 9.78 Å². The van der Waals surface area contributed by atoms with Gasteiger partial charge in [-0.25, -0.2) is 0 Å². The average Bonchev–Trinajstić information content (AvgIpc) is 2.89. The fourth-order valence-electron chi connectivity index (χ4n) is 2.22. The molecule has 0 radical (unpaired) electrons. The second-order valence-electron chi connectivity index (χ2n) is 4.92. The van der Waals surface area contributed by atoms with Gasteiger partial charge in [-0.1, -0.05) is 24.3 Å². The summed E-state index contributed by atoms with van der Waals surface area (Å²) in [4.78, 5) is 0. The Morgan fingerprint density at radius 3 is 2.90 bits per heavy atom. The van der Waals surface area contributed by atoms with Crippen LogP contribution in [0.5, 0.6) is 5.75 Å². The Labute approximate surface area is 122 Å². The first kappa shape index (κ1) is 13.5. The van der Waals surface area contributed by atoms with Crippen molar-refractivity contribution in [1.29, 1.82) is 0 Å². The summed E-state index contributed by atoms with van der Waals surface area (Å²) < 4.78 is 7.32. The van der Waals surface area contributed by atoms with E-state index in [2.05, 4.69) is 5.10 Å². The topological polar surface area (TPSA) is 73.3 Å². The van der Waals surface area contributed by atoms with E-state index in [1.807, 2.05) is 36.4 Å². The number of para-hydroxylation sites is 1. The maximum Gasteiger partial charge on any atom is 0.121 e. The summed E-state index contributed by atoms with van der Waals surface area (Å²) in [6.07, 6.45) is 1.15. The fraction of sp³-hybridized carbons (Fsp3) is 0.188. The van der Waals surface area contributed by atoms with Crippen LogP contribution in [0.4, 0.5) is 5.69 Å². The van der Waals surface area contributed by atoms with Crippen molar-refractivity contribution in [3.8, 4) is 5.75 Å². The van der Waals surface area contributed by atoms with Crippen LogP contribution >= 0.6 is 0 Å². The van der Waals surface area contributed by atoms with Crippen LogP contribution in [0.15, 0.2) is 54.7 Å². The molecule has 3 N–H and O–H groups in total. The molecule has 0 spiro atoms. The Bertz CT molecular complexity index is 739. The van der Waals surface area contributed by atoms with Crippen molar-refractivity contribution in [2.45, 2.75) is 12.6 Å². The summed E-state index contributed by atoms with van der Waals surface area (Å²) >= 11 is 0. The van der Waals surface area contributed by atoms with Crippen LogP contribution in [-0.2, 0) is 6.54 Å². The van der Waals surface area contributed by atoms with Crippen LogP contribution in [0.3, 0.4) is 0 Å². The summed E-state index contributed by atoms with van der Waals surface area (Å²) in [5, 5.41) is 15.4.